The van der Waals surface area contributed by atoms with Crippen LogP contribution in [0.15, 0.2) is 18.2 Å². The van der Waals surface area contributed by atoms with Crippen LogP contribution in [0.4, 0.5) is 4.79 Å². The highest BCUT2D eigenvalue weighted by Gasteiger charge is 2.19. The zero-order valence-electron chi connectivity index (χ0n) is 11.8. The van der Waals surface area contributed by atoms with Gasteiger partial charge in [0.15, 0.2) is 0 Å². The lowest BCUT2D eigenvalue weighted by molar-refractivity contribution is 0.0905. The van der Waals surface area contributed by atoms with Gasteiger partial charge in [-0.05, 0) is 12.1 Å². The van der Waals surface area contributed by atoms with Crippen molar-refractivity contribution in [2.75, 3.05) is 40.4 Å². The van der Waals surface area contributed by atoms with Crippen molar-refractivity contribution in [1.29, 1.82) is 0 Å². The summed E-state index contributed by atoms with van der Waals surface area (Å²) in [7, 11) is 3.16. The minimum atomic E-state index is -0.306. The minimum absolute atomic E-state index is 0.135. The average Bonchev–Trinajstić information content (AvgIpc) is 2.52. The lowest BCUT2D eigenvalue weighted by atomic mass is 10.2. The lowest BCUT2D eigenvalue weighted by Crippen LogP contribution is -2.46. The quantitative estimate of drug-likeness (QED) is 0.899. The molecule has 0 aromatic heterocycles. The van der Waals surface area contributed by atoms with Crippen LogP contribution in [0.1, 0.15) is 5.56 Å². The fourth-order valence-electron chi connectivity index (χ4n) is 2.14. The number of nitrogens with zero attached hydrogens (tertiary/aromatic N) is 1. The van der Waals surface area contributed by atoms with E-state index in [2.05, 4.69) is 5.32 Å². The van der Waals surface area contributed by atoms with Crippen molar-refractivity contribution < 1.29 is 19.0 Å². The minimum Gasteiger partial charge on any atom is -0.496 e. The largest absolute Gasteiger partial charge is 0.496 e. The van der Waals surface area contributed by atoms with Crippen molar-refractivity contribution in [3.63, 3.8) is 0 Å². The molecule has 0 unspecified atom stereocenters. The average molecular weight is 280 g/mol. The Balaban J connectivity index is 2.00. The predicted molar refractivity (Wildman–Crippen MR) is 74.2 cm³/mol. The number of ether oxygens (including phenoxy) is 3. The Morgan fingerprint density at radius 1 is 1.20 bits per heavy atom. The van der Waals surface area contributed by atoms with Crippen LogP contribution < -0.4 is 14.8 Å². The summed E-state index contributed by atoms with van der Waals surface area (Å²) in [6, 6.07) is 5.46. The molecule has 1 saturated heterocycles. The summed E-state index contributed by atoms with van der Waals surface area (Å²) >= 11 is 0. The maximum Gasteiger partial charge on any atom is 0.410 e. The number of rotatable bonds is 4. The number of hydrogen-bond donors (Lipinski definition) is 1. The third-order valence-electron chi connectivity index (χ3n) is 3.25. The summed E-state index contributed by atoms with van der Waals surface area (Å²) in [5.74, 6) is 1.30. The molecule has 0 radical (unpaired) electrons. The topological polar surface area (TPSA) is 60.0 Å². The van der Waals surface area contributed by atoms with Gasteiger partial charge in [-0.3, -0.25) is 0 Å². The van der Waals surface area contributed by atoms with Gasteiger partial charge in [0.05, 0.1) is 19.8 Å². The van der Waals surface area contributed by atoms with E-state index in [1.54, 1.807) is 19.1 Å². The van der Waals surface area contributed by atoms with Crippen molar-refractivity contribution in [2.45, 2.75) is 6.61 Å². The summed E-state index contributed by atoms with van der Waals surface area (Å²) in [6.45, 7) is 3.07. The highest BCUT2D eigenvalue weighted by molar-refractivity contribution is 5.68. The molecular weight excluding hydrogens is 260 g/mol. The van der Waals surface area contributed by atoms with E-state index >= 15 is 0 Å². The number of carbonyl (C=O) groups excluding carboxylic acids is 1. The molecule has 1 fully saturated rings. The highest BCUT2D eigenvalue weighted by atomic mass is 16.6. The zero-order chi connectivity index (χ0) is 14.4. The Kier molecular flexibility index (Phi) is 5.06. The number of hydrogen-bond acceptors (Lipinski definition) is 5. The fourth-order valence-corrected chi connectivity index (χ4v) is 2.14. The Morgan fingerprint density at radius 3 is 2.35 bits per heavy atom. The first-order chi connectivity index (χ1) is 9.76. The van der Waals surface area contributed by atoms with Gasteiger partial charge < -0.3 is 24.4 Å². The van der Waals surface area contributed by atoms with Gasteiger partial charge in [-0.25, -0.2) is 4.79 Å². The van der Waals surface area contributed by atoms with Crippen LogP contribution in [0.3, 0.4) is 0 Å². The molecule has 1 amide bonds. The standard InChI is InChI=1S/C14H20N2O4/c1-18-12-4-3-5-13(19-2)11(12)10-20-14(17)16-8-6-15-7-9-16/h3-5,15H,6-10H2,1-2H3. The molecule has 2 rings (SSSR count). The van der Waals surface area contributed by atoms with Crippen LogP contribution in [0, 0.1) is 0 Å². The van der Waals surface area contributed by atoms with Crippen molar-refractivity contribution in [3.8, 4) is 11.5 Å². The molecule has 6 nitrogen and oxygen atoms in total. The molecule has 1 aromatic carbocycles. The van der Waals surface area contributed by atoms with Crippen molar-refractivity contribution in [3.05, 3.63) is 23.8 Å². The molecule has 0 aliphatic carbocycles. The first-order valence-electron chi connectivity index (χ1n) is 6.58. The van der Waals surface area contributed by atoms with Crippen molar-refractivity contribution in [2.24, 2.45) is 0 Å². The molecule has 110 valence electrons. The molecule has 1 N–H and O–H groups in total. The third-order valence-corrected chi connectivity index (χ3v) is 3.25. The summed E-state index contributed by atoms with van der Waals surface area (Å²) in [5, 5.41) is 3.19. The summed E-state index contributed by atoms with van der Waals surface area (Å²) < 4.78 is 15.9. The molecule has 20 heavy (non-hydrogen) atoms. The molecule has 0 bridgehead atoms. The molecule has 0 atom stereocenters. The Bertz CT molecular complexity index is 436. The van der Waals surface area contributed by atoms with Gasteiger partial charge in [-0.15, -0.1) is 0 Å². The van der Waals surface area contributed by atoms with Crippen LogP contribution in [-0.4, -0.2) is 51.4 Å². The molecule has 0 spiro atoms. The van der Waals surface area contributed by atoms with E-state index in [0.717, 1.165) is 18.7 Å². The smallest absolute Gasteiger partial charge is 0.410 e. The number of carbonyl (C=O) groups is 1. The maximum absolute atomic E-state index is 12.0. The summed E-state index contributed by atoms with van der Waals surface area (Å²) in [4.78, 5) is 13.7. The van der Waals surface area contributed by atoms with Gasteiger partial charge in [-0.2, -0.15) is 0 Å². The summed E-state index contributed by atoms with van der Waals surface area (Å²) in [6.07, 6.45) is -0.306. The second-order valence-corrected chi connectivity index (χ2v) is 4.43. The number of amides is 1. The van der Waals surface area contributed by atoms with Gasteiger partial charge in [-0.1, -0.05) is 6.07 Å². The molecule has 1 aromatic rings. The molecular formula is C14H20N2O4. The molecule has 1 heterocycles. The first-order valence-corrected chi connectivity index (χ1v) is 6.58. The number of piperazine rings is 1. The van der Waals surface area contributed by atoms with E-state index in [1.165, 1.54) is 0 Å². The maximum atomic E-state index is 12.0. The molecule has 6 heteroatoms. The van der Waals surface area contributed by atoms with Crippen molar-refractivity contribution in [1.82, 2.24) is 10.2 Å². The van der Waals surface area contributed by atoms with Crippen LogP contribution in [0.25, 0.3) is 0 Å². The second-order valence-electron chi connectivity index (χ2n) is 4.43. The van der Waals surface area contributed by atoms with E-state index in [-0.39, 0.29) is 12.7 Å². The first kappa shape index (κ1) is 14.5. The number of benzene rings is 1. The van der Waals surface area contributed by atoms with Gasteiger partial charge in [0, 0.05) is 26.2 Å². The molecule has 1 aliphatic rings. The van der Waals surface area contributed by atoms with Crippen LogP contribution in [0.5, 0.6) is 11.5 Å². The molecule has 0 saturated carbocycles. The fraction of sp³-hybridized carbons (Fsp3) is 0.500. The van der Waals surface area contributed by atoms with E-state index < -0.39 is 0 Å². The van der Waals surface area contributed by atoms with Crippen LogP contribution >= 0.6 is 0 Å². The van der Waals surface area contributed by atoms with E-state index in [4.69, 9.17) is 14.2 Å². The van der Waals surface area contributed by atoms with Crippen LogP contribution in [-0.2, 0) is 11.3 Å². The summed E-state index contributed by atoms with van der Waals surface area (Å²) in [5.41, 5.74) is 0.737. The SMILES string of the molecule is COc1cccc(OC)c1COC(=O)N1CCNCC1. The monoisotopic (exact) mass is 280 g/mol. The van der Waals surface area contributed by atoms with Crippen LogP contribution in [0.2, 0.25) is 0 Å². The zero-order valence-corrected chi connectivity index (χ0v) is 11.8. The van der Waals surface area contributed by atoms with E-state index in [0.29, 0.717) is 24.6 Å². The van der Waals surface area contributed by atoms with Gasteiger partial charge in [0.2, 0.25) is 0 Å². The Labute approximate surface area is 118 Å². The lowest BCUT2D eigenvalue weighted by Gasteiger charge is -2.26. The van der Waals surface area contributed by atoms with Gasteiger partial charge >= 0.3 is 6.09 Å². The predicted octanol–water partition coefficient (Wildman–Crippen LogP) is 1.25. The Hall–Kier alpha value is -1.95. The van der Waals surface area contributed by atoms with Gasteiger partial charge in [0.25, 0.3) is 0 Å². The third kappa shape index (κ3) is 3.33. The number of nitrogens with one attached hydrogen (secondary N) is 1. The van der Waals surface area contributed by atoms with Gasteiger partial charge in [0.1, 0.15) is 18.1 Å². The normalized spacial score (nSPS) is 14.8. The van der Waals surface area contributed by atoms with E-state index in [1.807, 2.05) is 18.2 Å². The number of methoxy groups -OCH3 is 2. The van der Waals surface area contributed by atoms with E-state index in [9.17, 15) is 4.79 Å². The second kappa shape index (κ2) is 7.00. The van der Waals surface area contributed by atoms with Crippen molar-refractivity contribution >= 4 is 6.09 Å². The Morgan fingerprint density at radius 2 is 1.80 bits per heavy atom. The molecule has 1 aliphatic heterocycles. The highest BCUT2D eigenvalue weighted by Crippen LogP contribution is 2.28.